The van der Waals surface area contributed by atoms with Gasteiger partial charge < -0.3 is 19.9 Å². The molecule has 1 aromatic heterocycles. The van der Waals surface area contributed by atoms with Crippen molar-refractivity contribution in [2.24, 2.45) is 5.41 Å². The SMILES string of the molecule is CCc1nc(C(=O)OC)c(N)n1CC(C)(C)CN(C)C. The second kappa shape index (κ2) is 6.26. The van der Waals surface area contributed by atoms with Crippen LogP contribution in [0.3, 0.4) is 0 Å². The smallest absolute Gasteiger partial charge is 0.360 e. The highest BCUT2D eigenvalue weighted by Gasteiger charge is 2.26. The predicted octanol–water partition coefficient (Wildman–Crippen LogP) is 1.40. The number of anilines is 1. The number of carbonyl (C=O) groups excluding carboxylic acids is 1. The average molecular weight is 282 g/mol. The third-order valence-corrected chi connectivity index (χ3v) is 3.11. The van der Waals surface area contributed by atoms with Gasteiger partial charge in [-0.1, -0.05) is 20.8 Å². The molecule has 1 rings (SSSR count). The molecule has 20 heavy (non-hydrogen) atoms. The number of aryl methyl sites for hydroxylation is 1. The Morgan fingerprint density at radius 2 is 2.05 bits per heavy atom. The number of nitrogens with zero attached hydrogens (tertiary/aromatic N) is 3. The minimum atomic E-state index is -0.485. The van der Waals surface area contributed by atoms with Crippen LogP contribution in [0.2, 0.25) is 0 Å². The van der Waals surface area contributed by atoms with E-state index in [1.807, 2.05) is 25.6 Å². The monoisotopic (exact) mass is 282 g/mol. The van der Waals surface area contributed by atoms with E-state index < -0.39 is 5.97 Å². The average Bonchev–Trinajstić information content (AvgIpc) is 2.63. The Kier molecular flexibility index (Phi) is 5.16. The van der Waals surface area contributed by atoms with Gasteiger partial charge in [-0.15, -0.1) is 0 Å². The van der Waals surface area contributed by atoms with E-state index >= 15 is 0 Å². The molecule has 114 valence electrons. The predicted molar refractivity (Wildman–Crippen MR) is 79.7 cm³/mol. The van der Waals surface area contributed by atoms with Crippen LogP contribution < -0.4 is 5.73 Å². The number of nitrogens with two attached hydrogens (primary N) is 1. The summed E-state index contributed by atoms with van der Waals surface area (Å²) < 4.78 is 6.65. The molecule has 6 heteroatoms. The first-order chi connectivity index (χ1) is 9.21. The maximum absolute atomic E-state index is 11.7. The van der Waals surface area contributed by atoms with E-state index in [1.165, 1.54) is 7.11 Å². The van der Waals surface area contributed by atoms with Gasteiger partial charge in [-0.25, -0.2) is 9.78 Å². The first kappa shape index (κ1) is 16.5. The number of esters is 1. The summed E-state index contributed by atoms with van der Waals surface area (Å²) in [5, 5.41) is 0. The minimum Gasteiger partial charge on any atom is -0.464 e. The number of methoxy groups -OCH3 is 1. The molecule has 0 aromatic carbocycles. The van der Waals surface area contributed by atoms with E-state index in [9.17, 15) is 4.79 Å². The van der Waals surface area contributed by atoms with Gasteiger partial charge >= 0.3 is 5.97 Å². The number of nitrogen functional groups attached to an aromatic ring is 1. The van der Waals surface area contributed by atoms with Gasteiger partial charge in [-0.05, 0) is 19.5 Å². The molecule has 0 aliphatic carbocycles. The fraction of sp³-hybridized carbons (Fsp3) is 0.714. The van der Waals surface area contributed by atoms with Crippen LogP contribution in [0.15, 0.2) is 0 Å². The summed E-state index contributed by atoms with van der Waals surface area (Å²) in [6.07, 6.45) is 0.721. The highest BCUT2D eigenvalue weighted by Crippen LogP contribution is 2.24. The molecule has 0 atom stereocenters. The third kappa shape index (κ3) is 3.72. The Morgan fingerprint density at radius 1 is 1.45 bits per heavy atom. The number of rotatable bonds is 6. The zero-order valence-electron chi connectivity index (χ0n) is 13.4. The van der Waals surface area contributed by atoms with Crippen molar-refractivity contribution < 1.29 is 9.53 Å². The van der Waals surface area contributed by atoms with Crippen molar-refractivity contribution in [1.82, 2.24) is 14.5 Å². The summed E-state index contributed by atoms with van der Waals surface area (Å²) in [4.78, 5) is 18.1. The maximum atomic E-state index is 11.7. The number of ether oxygens (including phenoxy) is 1. The Balaban J connectivity index is 3.11. The molecule has 0 amide bonds. The van der Waals surface area contributed by atoms with Gasteiger partial charge in [0, 0.05) is 19.5 Å². The Morgan fingerprint density at radius 3 is 2.50 bits per heavy atom. The van der Waals surface area contributed by atoms with Crippen LogP contribution in [-0.2, 0) is 17.7 Å². The molecule has 0 fully saturated rings. The summed E-state index contributed by atoms with van der Waals surface area (Å²) >= 11 is 0. The van der Waals surface area contributed by atoms with Crippen LogP contribution in [0, 0.1) is 5.41 Å². The van der Waals surface area contributed by atoms with E-state index in [4.69, 9.17) is 10.5 Å². The maximum Gasteiger partial charge on any atom is 0.360 e. The zero-order chi connectivity index (χ0) is 15.5. The number of imidazole rings is 1. The number of aromatic nitrogens is 2. The molecular weight excluding hydrogens is 256 g/mol. The van der Waals surface area contributed by atoms with Crippen LogP contribution in [0.4, 0.5) is 5.82 Å². The van der Waals surface area contributed by atoms with Crippen LogP contribution in [-0.4, -0.2) is 48.2 Å². The Bertz CT molecular complexity index is 478. The van der Waals surface area contributed by atoms with Crippen molar-refractivity contribution in [2.45, 2.75) is 33.7 Å². The summed E-state index contributed by atoms with van der Waals surface area (Å²) in [6, 6.07) is 0. The molecule has 1 aromatic rings. The quantitative estimate of drug-likeness (QED) is 0.798. The highest BCUT2D eigenvalue weighted by molar-refractivity contribution is 5.92. The Hall–Kier alpha value is -1.56. The van der Waals surface area contributed by atoms with E-state index in [1.54, 1.807) is 0 Å². The molecular formula is C14H26N4O2. The fourth-order valence-electron chi connectivity index (χ4n) is 2.54. The first-order valence-corrected chi connectivity index (χ1v) is 6.79. The lowest BCUT2D eigenvalue weighted by molar-refractivity contribution is 0.0595. The lowest BCUT2D eigenvalue weighted by atomic mass is 9.92. The Labute approximate surface area is 120 Å². The van der Waals surface area contributed by atoms with Crippen LogP contribution in [0.25, 0.3) is 0 Å². The van der Waals surface area contributed by atoms with E-state index in [2.05, 4.69) is 23.7 Å². The molecule has 0 saturated carbocycles. The standard InChI is InChI=1S/C14H26N4O2/c1-7-10-16-11(13(19)20-6)12(15)18(10)9-14(2,3)8-17(4)5/h7-9,15H2,1-6H3. The molecule has 0 radical (unpaired) electrons. The molecule has 0 unspecified atom stereocenters. The second-order valence-corrected chi connectivity index (χ2v) is 6.10. The number of hydrogen-bond donors (Lipinski definition) is 1. The van der Waals surface area contributed by atoms with Crippen molar-refractivity contribution in [1.29, 1.82) is 0 Å². The lowest BCUT2D eigenvalue weighted by Crippen LogP contribution is -2.33. The summed E-state index contributed by atoms with van der Waals surface area (Å²) in [5.74, 6) is 0.719. The number of carbonyl (C=O) groups is 1. The van der Waals surface area contributed by atoms with E-state index in [0.29, 0.717) is 12.4 Å². The molecule has 2 N–H and O–H groups in total. The summed E-state index contributed by atoms with van der Waals surface area (Å²) in [7, 11) is 5.42. The van der Waals surface area contributed by atoms with E-state index in [0.717, 1.165) is 18.8 Å². The van der Waals surface area contributed by atoms with Gasteiger partial charge in [-0.3, -0.25) is 0 Å². The number of hydrogen-bond acceptors (Lipinski definition) is 5. The van der Waals surface area contributed by atoms with Crippen molar-refractivity contribution in [3.63, 3.8) is 0 Å². The van der Waals surface area contributed by atoms with Crippen molar-refractivity contribution >= 4 is 11.8 Å². The van der Waals surface area contributed by atoms with Crippen molar-refractivity contribution in [3.8, 4) is 0 Å². The molecule has 0 bridgehead atoms. The van der Waals surface area contributed by atoms with E-state index in [-0.39, 0.29) is 11.1 Å². The molecule has 0 aliphatic rings. The molecule has 6 nitrogen and oxygen atoms in total. The van der Waals surface area contributed by atoms with Gasteiger partial charge in [0.15, 0.2) is 5.69 Å². The normalized spacial score (nSPS) is 11.9. The van der Waals surface area contributed by atoms with Crippen LogP contribution in [0.5, 0.6) is 0 Å². The second-order valence-electron chi connectivity index (χ2n) is 6.10. The zero-order valence-corrected chi connectivity index (χ0v) is 13.4. The lowest BCUT2D eigenvalue weighted by Gasteiger charge is -2.29. The minimum absolute atomic E-state index is 0.0234. The van der Waals surface area contributed by atoms with Crippen molar-refractivity contribution in [2.75, 3.05) is 33.5 Å². The summed E-state index contributed by atoms with van der Waals surface area (Å²) in [5.41, 5.74) is 6.32. The van der Waals surface area contributed by atoms with Gasteiger partial charge in [0.25, 0.3) is 0 Å². The largest absolute Gasteiger partial charge is 0.464 e. The fourth-order valence-corrected chi connectivity index (χ4v) is 2.54. The first-order valence-electron chi connectivity index (χ1n) is 6.79. The van der Waals surface area contributed by atoms with Crippen LogP contribution in [0.1, 0.15) is 37.1 Å². The van der Waals surface area contributed by atoms with Crippen LogP contribution >= 0.6 is 0 Å². The summed E-state index contributed by atoms with van der Waals surface area (Å²) in [6.45, 7) is 7.97. The molecule has 0 aliphatic heterocycles. The van der Waals surface area contributed by atoms with Crippen molar-refractivity contribution in [3.05, 3.63) is 11.5 Å². The van der Waals surface area contributed by atoms with Gasteiger partial charge in [0.1, 0.15) is 11.6 Å². The molecule has 1 heterocycles. The third-order valence-electron chi connectivity index (χ3n) is 3.11. The van der Waals surface area contributed by atoms with Gasteiger partial charge in [0.2, 0.25) is 0 Å². The van der Waals surface area contributed by atoms with Gasteiger partial charge in [0.05, 0.1) is 7.11 Å². The van der Waals surface area contributed by atoms with Gasteiger partial charge in [-0.2, -0.15) is 0 Å². The highest BCUT2D eigenvalue weighted by atomic mass is 16.5. The molecule has 0 saturated heterocycles. The topological polar surface area (TPSA) is 73.4 Å². The molecule has 0 spiro atoms.